The number of pyridine rings is 1. The average molecular weight is 431 g/mol. The van der Waals surface area contributed by atoms with Gasteiger partial charge in [-0.15, -0.1) is 0 Å². The number of nitrogens with one attached hydrogen (secondary N) is 1. The second kappa shape index (κ2) is 8.22. The fourth-order valence-electron chi connectivity index (χ4n) is 4.94. The van der Waals surface area contributed by atoms with Gasteiger partial charge in [0, 0.05) is 66.4 Å². The summed E-state index contributed by atoms with van der Waals surface area (Å²) in [5.74, 6) is -0.505. The number of nitrogens with zero attached hydrogens (tertiary/aromatic N) is 3. The number of likely N-dealkylation sites (tertiary alicyclic amines) is 2. The molecule has 0 spiro atoms. The number of rotatable bonds is 4. The van der Waals surface area contributed by atoms with Crippen molar-refractivity contribution in [3.63, 3.8) is 0 Å². The van der Waals surface area contributed by atoms with Crippen LogP contribution < -0.4 is 0 Å². The van der Waals surface area contributed by atoms with Gasteiger partial charge in [-0.3, -0.25) is 24.3 Å². The molecule has 0 aliphatic carbocycles. The predicted octanol–water partition coefficient (Wildman–Crippen LogP) is 3.39. The summed E-state index contributed by atoms with van der Waals surface area (Å²) < 4.78 is 0. The largest absolute Gasteiger partial charge is 0.358 e. The Labute approximate surface area is 186 Å². The van der Waals surface area contributed by atoms with Gasteiger partial charge >= 0.3 is 0 Å². The van der Waals surface area contributed by atoms with E-state index in [9.17, 15) is 14.4 Å². The van der Waals surface area contributed by atoms with E-state index in [1.165, 1.54) is 10.9 Å². The second-order valence-electron chi connectivity index (χ2n) is 8.75. The highest BCUT2D eigenvalue weighted by molar-refractivity contribution is 6.04. The summed E-state index contributed by atoms with van der Waals surface area (Å²) in [7, 11) is 0. The first kappa shape index (κ1) is 20.4. The normalized spacial score (nSPS) is 19.2. The van der Waals surface area contributed by atoms with Gasteiger partial charge in [-0.2, -0.15) is 0 Å². The standard InChI is InChI=1S/C25H26N4O3/c1-16-4-5-20-19(13-16)24(17-8-10-26-11-9-17)25(27-20)18-3-2-12-28(14-18)23(32)15-29-21(30)6-7-22(29)31/h4-5,8-11,13,18,27H,2-3,6-7,12,14-15H2,1H3. The van der Waals surface area contributed by atoms with Crippen molar-refractivity contribution in [2.75, 3.05) is 19.6 Å². The van der Waals surface area contributed by atoms with Crippen molar-refractivity contribution in [1.82, 2.24) is 19.8 Å². The monoisotopic (exact) mass is 430 g/mol. The molecule has 7 heteroatoms. The zero-order valence-electron chi connectivity index (χ0n) is 18.1. The zero-order chi connectivity index (χ0) is 22.2. The first-order valence-electron chi connectivity index (χ1n) is 11.1. The van der Waals surface area contributed by atoms with Gasteiger partial charge in [0.2, 0.25) is 17.7 Å². The summed E-state index contributed by atoms with van der Waals surface area (Å²) >= 11 is 0. The number of piperidine rings is 1. The minimum atomic E-state index is -0.247. The number of aryl methyl sites for hydroxylation is 1. The van der Waals surface area contributed by atoms with Crippen molar-refractivity contribution >= 4 is 28.6 Å². The first-order valence-corrected chi connectivity index (χ1v) is 11.1. The number of aromatic amines is 1. The van der Waals surface area contributed by atoms with E-state index in [-0.39, 0.29) is 43.0 Å². The maximum absolute atomic E-state index is 13.0. The Kier molecular flexibility index (Phi) is 5.25. The number of H-pyrrole nitrogens is 1. The van der Waals surface area contributed by atoms with Crippen LogP contribution in [0.25, 0.3) is 22.0 Å². The van der Waals surface area contributed by atoms with Crippen LogP contribution in [0.2, 0.25) is 0 Å². The fraction of sp³-hybridized carbons (Fsp3) is 0.360. The van der Waals surface area contributed by atoms with Gasteiger partial charge in [-0.25, -0.2) is 0 Å². The minimum Gasteiger partial charge on any atom is -0.358 e. The number of amides is 3. The van der Waals surface area contributed by atoms with Gasteiger partial charge in [0.05, 0.1) is 0 Å². The third-order valence-corrected chi connectivity index (χ3v) is 6.58. The van der Waals surface area contributed by atoms with E-state index in [0.717, 1.165) is 40.1 Å². The molecule has 164 valence electrons. The number of hydrogen-bond donors (Lipinski definition) is 1. The van der Waals surface area contributed by atoms with E-state index in [1.807, 2.05) is 12.1 Å². The average Bonchev–Trinajstić information content (AvgIpc) is 3.34. The number of aromatic nitrogens is 2. The molecule has 4 heterocycles. The lowest BCUT2D eigenvalue weighted by Gasteiger charge is -2.33. The van der Waals surface area contributed by atoms with E-state index in [0.29, 0.717) is 13.1 Å². The molecule has 1 N–H and O–H groups in total. The highest BCUT2D eigenvalue weighted by atomic mass is 16.2. The molecule has 2 aromatic heterocycles. The highest BCUT2D eigenvalue weighted by Gasteiger charge is 2.34. The van der Waals surface area contributed by atoms with Crippen LogP contribution in [0.3, 0.4) is 0 Å². The molecule has 0 bridgehead atoms. The molecule has 0 radical (unpaired) electrons. The van der Waals surface area contributed by atoms with Crippen LogP contribution in [0.5, 0.6) is 0 Å². The minimum absolute atomic E-state index is 0.145. The van der Waals surface area contributed by atoms with Gasteiger partial charge in [0.25, 0.3) is 0 Å². The Morgan fingerprint density at radius 1 is 1.12 bits per heavy atom. The van der Waals surface area contributed by atoms with Crippen LogP contribution in [0.4, 0.5) is 0 Å². The number of benzene rings is 1. The second-order valence-corrected chi connectivity index (χ2v) is 8.75. The van der Waals surface area contributed by atoms with Crippen LogP contribution in [-0.4, -0.2) is 57.1 Å². The number of fused-ring (bicyclic) bond motifs is 1. The summed E-state index contributed by atoms with van der Waals surface area (Å²) in [5.41, 5.74) is 5.66. The molecule has 3 aromatic rings. The Morgan fingerprint density at radius 2 is 1.88 bits per heavy atom. The molecule has 7 nitrogen and oxygen atoms in total. The van der Waals surface area contributed by atoms with Crippen molar-refractivity contribution in [3.8, 4) is 11.1 Å². The molecule has 2 aliphatic rings. The molecule has 2 fully saturated rings. The van der Waals surface area contributed by atoms with Crippen LogP contribution in [0.1, 0.15) is 42.9 Å². The van der Waals surface area contributed by atoms with Crippen molar-refractivity contribution < 1.29 is 14.4 Å². The maximum atomic E-state index is 13.0. The molecule has 32 heavy (non-hydrogen) atoms. The van der Waals surface area contributed by atoms with Crippen LogP contribution >= 0.6 is 0 Å². The van der Waals surface area contributed by atoms with Gasteiger partial charge in [0.15, 0.2) is 0 Å². The summed E-state index contributed by atoms with van der Waals surface area (Å²) in [6.07, 6.45) is 5.86. The molecule has 2 aliphatic heterocycles. The molecule has 1 unspecified atom stereocenters. The van der Waals surface area contributed by atoms with E-state index < -0.39 is 0 Å². The van der Waals surface area contributed by atoms with Crippen molar-refractivity contribution in [1.29, 1.82) is 0 Å². The van der Waals surface area contributed by atoms with Gasteiger partial charge < -0.3 is 9.88 Å². The van der Waals surface area contributed by atoms with Gasteiger partial charge in [-0.1, -0.05) is 11.6 Å². The summed E-state index contributed by atoms with van der Waals surface area (Å²) in [6, 6.07) is 10.4. The summed E-state index contributed by atoms with van der Waals surface area (Å²) in [4.78, 5) is 47.6. The number of carbonyl (C=O) groups is 3. The lowest BCUT2D eigenvalue weighted by Crippen LogP contribution is -2.46. The Hall–Kier alpha value is -3.48. The molecular weight excluding hydrogens is 404 g/mol. The van der Waals surface area contributed by atoms with Crippen molar-refractivity contribution in [2.45, 2.75) is 38.5 Å². The molecular formula is C25H26N4O3. The number of carbonyl (C=O) groups excluding carboxylic acids is 3. The molecule has 3 amide bonds. The summed E-state index contributed by atoms with van der Waals surface area (Å²) in [6.45, 7) is 3.16. The van der Waals surface area contributed by atoms with Crippen LogP contribution in [-0.2, 0) is 14.4 Å². The van der Waals surface area contributed by atoms with Crippen LogP contribution in [0.15, 0.2) is 42.7 Å². The van der Waals surface area contributed by atoms with Crippen LogP contribution in [0, 0.1) is 6.92 Å². The maximum Gasteiger partial charge on any atom is 0.242 e. The third kappa shape index (κ3) is 3.68. The van der Waals surface area contributed by atoms with Crippen molar-refractivity contribution in [2.24, 2.45) is 0 Å². The Balaban J connectivity index is 1.46. The molecule has 1 atom stereocenters. The van der Waals surface area contributed by atoms with E-state index >= 15 is 0 Å². The number of imide groups is 1. The van der Waals surface area contributed by atoms with E-state index in [4.69, 9.17) is 0 Å². The molecule has 1 aromatic carbocycles. The highest BCUT2D eigenvalue weighted by Crippen LogP contribution is 2.39. The Morgan fingerprint density at radius 3 is 2.62 bits per heavy atom. The number of hydrogen-bond acceptors (Lipinski definition) is 4. The lowest BCUT2D eigenvalue weighted by atomic mass is 9.89. The third-order valence-electron chi connectivity index (χ3n) is 6.58. The molecule has 0 saturated carbocycles. The Bertz CT molecular complexity index is 1180. The smallest absolute Gasteiger partial charge is 0.242 e. The van der Waals surface area contributed by atoms with Gasteiger partial charge in [0.1, 0.15) is 6.54 Å². The zero-order valence-corrected chi connectivity index (χ0v) is 18.1. The van der Waals surface area contributed by atoms with Gasteiger partial charge in [-0.05, 0) is 49.6 Å². The lowest BCUT2D eigenvalue weighted by molar-refractivity contribution is -0.146. The SMILES string of the molecule is Cc1ccc2[nH]c(C3CCCN(C(=O)CN4C(=O)CCC4=O)C3)c(-c3ccncc3)c2c1. The summed E-state index contributed by atoms with van der Waals surface area (Å²) in [5, 5.41) is 1.17. The molecule has 5 rings (SSSR count). The van der Waals surface area contributed by atoms with E-state index in [2.05, 4.69) is 35.1 Å². The quantitative estimate of drug-likeness (QED) is 0.643. The topological polar surface area (TPSA) is 86.4 Å². The van der Waals surface area contributed by atoms with Crippen molar-refractivity contribution in [3.05, 3.63) is 54.0 Å². The van der Waals surface area contributed by atoms with E-state index in [1.54, 1.807) is 17.3 Å². The molecule has 2 saturated heterocycles. The fourth-order valence-corrected chi connectivity index (χ4v) is 4.94. The first-order chi connectivity index (χ1) is 15.5. The predicted molar refractivity (Wildman–Crippen MR) is 121 cm³/mol.